The minimum absolute atomic E-state index is 0.0656. The first-order valence-electron chi connectivity index (χ1n) is 6.38. The molecule has 0 atom stereocenters. The fourth-order valence-electron chi connectivity index (χ4n) is 1.78. The number of ether oxygens (including phenoxy) is 1. The van der Waals surface area contributed by atoms with Gasteiger partial charge in [0.05, 0.1) is 11.3 Å². The van der Waals surface area contributed by atoms with Crippen molar-refractivity contribution in [3.8, 4) is 12.3 Å². The van der Waals surface area contributed by atoms with E-state index in [0.29, 0.717) is 16.8 Å². The Balaban J connectivity index is 3.30. The molecule has 0 aliphatic heterocycles. The summed E-state index contributed by atoms with van der Waals surface area (Å²) in [6.07, 6.45) is 4.77. The van der Waals surface area contributed by atoms with Gasteiger partial charge in [0.2, 0.25) is 0 Å². The molecule has 0 saturated heterocycles. The zero-order valence-corrected chi connectivity index (χ0v) is 12.9. The molecule has 112 valence electrons. The summed E-state index contributed by atoms with van der Waals surface area (Å²) in [5, 5.41) is 9.21. The number of aromatic carboxylic acids is 1. The van der Waals surface area contributed by atoms with Crippen molar-refractivity contribution in [2.45, 2.75) is 33.3 Å². The van der Waals surface area contributed by atoms with E-state index in [9.17, 15) is 14.7 Å². The van der Waals surface area contributed by atoms with Gasteiger partial charge in [0.15, 0.2) is 0 Å². The van der Waals surface area contributed by atoms with Crippen LogP contribution in [0.25, 0.3) is 0 Å². The van der Waals surface area contributed by atoms with E-state index in [2.05, 4.69) is 5.92 Å². The third-order valence-electron chi connectivity index (χ3n) is 2.81. The van der Waals surface area contributed by atoms with Crippen molar-refractivity contribution >= 4 is 17.7 Å². The molecule has 0 aromatic heterocycles. The summed E-state index contributed by atoms with van der Waals surface area (Å²) in [6, 6.07) is 3.00. The first-order chi connectivity index (χ1) is 9.56. The standard InChI is InChI=1S/C16H19NO4/c1-7-11-8-12(14(18)19)10(2)13(9-11)17(6)15(20)21-16(3,4)5/h1,8-9H,2-6H3,(H,18,19). The molecule has 0 radical (unpaired) electrons. The molecule has 0 fully saturated rings. The summed E-state index contributed by atoms with van der Waals surface area (Å²) in [7, 11) is 1.52. The second-order valence-corrected chi connectivity index (χ2v) is 5.66. The molecule has 0 bridgehead atoms. The van der Waals surface area contributed by atoms with E-state index < -0.39 is 17.7 Å². The molecule has 0 saturated carbocycles. The minimum atomic E-state index is -1.09. The van der Waals surface area contributed by atoms with Gasteiger partial charge in [0.1, 0.15) is 5.60 Å². The molecule has 1 aromatic rings. The molecule has 1 rings (SSSR count). The Morgan fingerprint density at radius 3 is 2.33 bits per heavy atom. The van der Waals surface area contributed by atoms with Crippen molar-refractivity contribution in [1.82, 2.24) is 0 Å². The molecule has 5 nitrogen and oxygen atoms in total. The number of carbonyl (C=O) groups excluding carboxylic acids is 1. The van der Waals surface area contributed by atoms with Gasteiger partial charge in [-0.25, -0.2) is 9.59 Å². The van der Waals surface area contributed by atoms with Gasteiger partial charge in [-0.2, -0.15) is 0 Å². The quantitative estimate of drug-likeness (QED) is 0.850. The van der Waals surface area contributed by atoms with Crippen LogP contribution in [0.5, 0.6) is 0 Å². The van der Waals surface area contributed by atoms with Gasteiger partial charge in [-0.1, -0.05) is 5.92 Å². The maximum atomic E-state index is 12.1. The Morgan fingerprint density at radius 1 is 1.33 bits per heavy atom. The number of carbonyl (C=O) groups is 2. The van der Waals surface area contributed by atoms with E-state index in [0.717, 1.165) is 0 Å². The van der Waals surface area contributed by atoms with Crippen LogP contribution >= 0.6 is 0 Å². The van der Waals surface area contributed by atoms with E-state index in [4.69, 9.17) is 11.2 Å². The SMILES string of the molecule is C#Cc1cc(C(=O)O)c(C)c(N(C)C(=O)OC(C)(C)C)c1. The second-order valence-electron chi connectivity index (χ2n) is 5.66. The highest BCUT2D eigenvalue weighted by atomic mass is 16.6. The molecule has 1 amide bonds. The highest BCUT2D eigenvalue weighted by Gasteiger charge is 2.23. The van der Waals surface area contributed by atoms with Gasteiger partial charge in [-0.15, -0.1) is 6.42 Å². The van der Waals surface area contributed by atoms with Gasteiger partial charge in [-0.05, 0) is 45.4 Å². The number of amides is 1. The van der Waals surface area contributed by atoms with Crippen molar-refractivity contribution in [2.24, 2.45) is 0 Å². The van der Waals surface area contributed by atoms with Gasteiger partial charge in [0.25, 0.3) is 0 Å². The van der Waals surface area contributed by atoms with E-state index >= 15 is 0 Å². The smallest absolute Gasteiger partial charge is 0.414 e. The van der Waals surface area contributed by atoms with Crippen LogP contribution in [-0.4, -0.2) is 29.8 Å². The topological polar surface area (TPSA) is 66.8 Å². The van der Waals surface area contributed by atoms with Crippen LogP contribution in [0.3, 0.4) is 0 Å². The summed E-state index contributed by atoms with van der Waals surface area (Å²) < 4.78 is 5.27. The molecule has 1 N–H and O–H groups in total. The highest BCUT2D eigenvalue weighted by molar-refractivity contribution is 5.95. The monoisotopic (exact) mass is 289 g/mol. The summed E-state index contributed by atoms with van der Waals surface area (Å²) in [5.74, 6) is 1.30. The summed E-state index contributed by atoms with van der Waals surface area (Å²) in [6.45, 7) is 6.89. The maximum Gasteiger partial charge on any atom is 0.414 e. The molecular formula is C16H19NO4. The van der Waals surface area contributed by atoms with E-state index in [1.807, 2.05) is 0 Å². The lowest BCUT2D eigenvalue weighted by Gasteiger charge is -2.26. The van der Waals surface area contributed by atoms with Crippen molar-refractivity contribution in [2.75, 3.05) is 11.9 Å². The maximum absolute atomic E-state index is 12.1. The van der Waals surface area contributed by atoms with Crippen LogP contribution in [0.15, 0.2) is 12.1 Å². The third-order valence-corrected chi connectivity index (χ3v) is 2.81. The predicted octanol–water partition coefficient (Wildman–Crippen LogP) is 3.05. The second kappa shape index (κ2) is 5.88. The Morgan fingerprint density at radius 2 is 1.90 bits per heavy atom. The molecule has 1 aromatic carbocycles. The number of terminal acetylenes is 1. The number of carboxylic acids is 1. The molecular weight excluding hydrogens is 270 g/mol. The lowest BCUT2D eigenvalue weighted by atomic mass is 10.0. The van der Waals surface area contributed by atoms with Crippen LogP contribution in [0, 0.1) is 19.3 Å². The average Bonchev–Trinajstić information content (AvgIpc) is 2.35. The van der Waals surface area contributed by atoms with Crippen LogP contribution in [0.4, 0.5) is 10.5 Å². The van der Waals surface area contributed by atoms with E-state index in [1.165, 1.54) is 18.0 Å². The van der Waals surface area contributed by atoms with Gasteiger partial charge < -0.3 is 9.84 Å². The lowest BCUT2D eigenvalue weighted by molar-refractivity contribution is 0.0587. The number of hydrogen-bond acceptors (Lipinski definition) is 3. The number of anilines is 1. The molecule has 0 heterocycles. The van der Waals surface area contributed by atoms with Crippen LogP contribution in [0.1, 0.15) is 42.3 Å². The molecule has 0 unspecified atom stereocenters. The van der Waals surface area contributed by atoms with Crippen molar-refractivity contribution in [1.29, 1.82) is 0 Å². The Bertz CT molecular complexity index is 620. The van der Waals surface area contributed by atoms with Gasteiger partial charge in [0, 0.05) is 12.6 Å². The summed E-state index contributed by atoms with van der Waals surface area (Å²) in [4.78, 5) is 24.6. The highest BCUT2D eigenvalue weighted by Crippen LogP contribution is 2.26. The number of carboxylic acid groups (broad SMARTS) is 1. The van der Waals surface area contributed by atoms with Crippen LogP contribution < -0.4 is 4.90 Å². The lowest BCUT2D eigenvalue weighted by Crippen LogP contribution is -2.34. The summed E-state index contributed by atoms with van der Waals surface area (Å²) >= 11 is 0. The zero-order valence-electron chi connectivity index (χ0n) is 12.9. The first kappa shape index (κ1) is 16.6. The fraction of sp³-hybridized carbons (Fsp3) is 0.375. The fourth-order valence-corrected chi connectivity index (χ4v) is 1.78. The Hall–Kier alpha value is -2.48. The number of rotatable bonds is 2. The molecule has 21 heavy (non-hydrogen) atoms. The van der Waals surface area contributed by atoms with Crippen molar-refractivity contribution < 1.29 is 19.4 Å². The van der Waals surface area contributed by atoms with Gasteiger partial charge >= 0.3 is 12.1 Å². The zero-order chi connectivity index (χ0) is 16.4. The van der Waals surface area contributed by atoms with Crippen molar-refractivity contribution in [3.05, 3.63) is 28.8 Å². The molecule has 5 heteroatoms. The number of benzene rings is 1. The Labute approximate surface area is 124 Å². The van der Waals surface area contributed by atoms with Gasteiger partial charge in [-0.3, -0.25) is 4.90 Å². The van der Waals surface area contributed by atoms with Crippen molar-refractivity contribution in [3.63, 3.8) is 0 Å². The molecule has 0 aliphatic rings. The molecule has 0 aliphatic carbocycles. The normalized spacial score (nSPS) is 10.7. The predicted molar refractivity (Wildman–Crippen MR) is 80.7 cm³/mol. The molecule has 0 spiro atoms. The minimum Gasteiger partial charge on any atom is -0.478 e. The number of nitrogens with zero attached hydrogens (tertiary/aromatic N) is 1. The Kier molecular flexibility index (Phi) is 4.64. The van der Waals surface area contributed by atoms with E-state index in [-0.39, 0.29) is 5.56 Å². The summed E-state index contributed by atoms with van der Waals surface area (Å²) in [5.41, 5.74) is 0.685. The van der Waals surface area contributed by atoms with Crippen LogP contribution in [0.2, 0.25) is 0 Å². The number of hydrogen-bond donors (Lipinski definition) is 1. The first-order valence-corrected chi connectivity index (χ1v) is 6.38. The average molecular weight is 289 g/mol. The van der Waals surface area contributed by atoms with E-state index in [1.54, 1.807) is 33.8 Å². The largest absolute Gasteiger partial charge is 0.478 e. The van der Waals surface area contributed by atoms with Crippen LogP contribution in [-0.2, 0) is 4.74 Å². The third kappa shape index (κ3) is 3.99.